The van der Waals surface area contributed by atoms with Crippen molar-refractivity contribution in [3.05, 3.63) is 12.3 Å². The van der Waals surface area contributed by atoms with Crippen molar-refractivity contribution in [2.24, 2.45) is 5.92 Å². The Bertz CT molecular complexity index is 518. The van der Waals surface area contributed by atoms with E-state index in [0.717, 1.165) is 12.3 Å². The lowest BCUT2D eigenvalue weighted by Crippen LogP contribution is -2.61. The summed E-state index contributed by atoms with van der Waals surface area (Å²) < 4.78 is 15.8. The second-order valence-electron chi connectivity index (χ2n) is 6.43. The third-order valence-corrected chi connectivity index (χ3v) is 5.46. The van der Waals surface area contributed by atoms with Crippen LogP contribution in [-0.2, 0) is 14.2 Å². The highest BCUT2D eigenvalue weighted by Gasteiger charge is 2.63. The van der Waals surface area contributed by atoms with Gasteiger partial charge < -0.3 is 50.0 Å². The molecule has 3 rings (SSSR count). The maximum Gasteiger partial charge on any atom is 0.210 e. The summed E-state index contributed by atoms with van der Waals surface area (Å²) >= 11 is 5.91. The predicted molar refractivity (Wildman–Crippen MR) is 79.0 cm³/mol. The Kier molecular flexibility index (Phi) is 5.30. The fourth-order valence-corrected chi connectivity index (χ4v) is 3.80. The second-order valence-corrected chi connectivity index (χ2v) is 6.94. The lowest BCUT2D eigenvalue weighted by molar-refractivity contribution is -0.348. The molecule has 0 spiro atoms. The Morgan fingerprint density at radius 3 is 2.32 bits per heavy atom. The van der Waals surface area contributed by atoms with Gasteiger partial charge in [0.1, 0.15) is 36.1 Å². The molecule has 0 aromatic carbocycles. The molecule has 7 N–H and O–H groups in total. The molecule has 11 heteroatoms. The molecule has 1 saturated heterocycles. The third kappa shape index (κ3) is 2.96. The molecule has 2 heterocycles. The second kappa shape index (κ2) is 6.89. The summed E-state index contributed by atoms with van der Waals surface area (Å²) in [5.41, 5.74) is -1.93. The van der Waals surface area contributed by atoms with Crippen LogP contribution in [0.2, 0.25) is 0 Å². The number of halogens is 1. The van der Waals surface area contributed by atoms with Crippen molar-refractivity contribution in [3.8, 4) is 0 Å². The Morgan fingerprint density at radius 1 is 1.00 bits per heavy atom. The molecule has 0 radical (unpaired) electrons. The fraction of sp³-hybridized carbons (Fsp3) is 0.857. The average Bonchev–Trinajstić information content (AvgIpc) is 2.76. The standard InChI is InChI=1S/C14H21ClO10/c15-6-8(18)5-12(23-2-1-14(5,22)11(6)21)25-13-10(20)9(19)7(17)4(3-16)24-13/h1-2,4-13,16-22H,3H2/t4-,5+,6+,7-,8-,9+,10-,11-,12+,13+,14+/m1/s1. The van der Waals surface area contributed by atoms with Gasteiger partial charge in [-0.2, -0.15) is 0 Å². The van der Waals surface area contributed by atoms with E-state index in [4.69, 9.17) is 25.8 Å². The molecule has 0 aromatic heterocycles. The van der Waals surface area contributed by atoms with E-state index in [-0.39, 0.29) is 0 Å². The topological polar surface area (TPSA) is 169 Å². The summed E-state index contributed by atoms with van der Waals surface area (Å²) in [5.74, 6) is -1.21. The zero-order valence-corrected chi connectivity index (χ0v) is 13.6. The van der Waals surface area contributed by atoms with E-state index in [0.29, 0.717) is 0 Å². The Morgan fingerprint density at radius 2 is 1.68 bits per heavy atom. The molecule has 0 bridgehead atoms. The number of hydrogen-bond donors (Lipinski definition) is 7. The maximum absolute atomic E-state index is 10.6. The summed E-state index contributed by atoms with van der Waals surface area (Å²) in [7, 11) is 0. The van der Waals surface area contributed by atoms with Crippen LogP contribution in [0.25, 0.3) is 0 Å². The minimum absolute atomic E-state index is 0.644. The highest BCUT2D eigenvalue weighted by Crippen LogP contribution is 2.46. The summed E-state index contributed by atoms with van der Waals surface area (Å²) in [6, 6.07) is 0. The molecule has 25 heavy (non-hydrogen) atoms. The molecule has 1 saturated carbocycles. The van der Waals surface area contributed by atoms with Crippen LogP contribution in [0.1, 0.15) is 0 Å². The van der Waals surface area contributed by atoms with Gasteiger partial charge >= 0.3 is 0 Å². The smallest absolute Gasteiger partial charge is 0.210 e. The third-order valence-electron chi connectivity index (χ3n) is 4.96. The first-order valence-electron chi connectivity index (χ1n) is 7.74. The first-order valence-corrected chi connectivity index (χ1v) is 8.17. The largest absolute Gasteiger partial charge is 0.472 e. The molecular weight excluding hydrogens is 364 g/mol. The number of fused-ring (bicyclic) bond motifs is 1. The number of hydrogen-bond acceptors (Lipinski definition) is 10. The average molecular weight is 385 g/mol. The maximum atomic E-state index is 10.6. The molecule has 2 aliphatic heterocycles. The van der Waals surface area contributed by atoms with Crippen molar-refractivity contribution in [3.63, 3.8) is 0 Å². The molecule has 0 unspecified atom stereocenters. The Balaban J connectivity index is 1.79. The molecular formula is C14H21ClO10. The molecule has 3 aliphatic rings. The SMILES string of the molecule is OC[C@H]1O[C@@H](O[C@@H]2OC=C[C@]3(O)[C@H]2[C@@H](O)[C@H](Cl)[C@H]3O)[C@H](O)[C@@H](O)[C@@H]1O. The van der Waals surface area contributed by atoms with Crippen LogP contribution >= 0.6 is 11.6 Å². The Hall–Kier alpha value is -0.530. The number of aliphatic hydroxyl groups excluding tert-OH is 6. The molecule has 1 aliphatic carbocycles. The molecule has 11 atom stereocenters. The van der Waals surface area contributed by atoms with Gasteiger partial charge in [0.05, 0.1) is 30.3 Å². The fourth-order valence-electron chi connectivity index (χ4n) is 3.44. The van der Waals surface area contributed by atoms with E-state index < -0.39 is 72.7 Å². The van der Waals surface area contributed by atoms with E-state index in [1.54, 1.807) is 0 Å². The molecule has 0 amide bonds. The summed E-state index contributed by atoms with van der Waals surface area (Å²) in [6.07, 6.45) is -9.71. The van der Waals surface area contributed by atoms with Gasteiger partial charge in [0.25, 0.3) is 0 Å². The summed E-state index contributed by atoms with van der Waals surface area (Å²) in [5, 5.41) is 68.4. The first-order chi connectivity index (χ1) is 11.7. The van der Waals surface area contributed by atoms with Crippen molar-refractivity contribution >= 4 is 11.6 Å². The zero-order chi connectivity index (χ0) is 18.5. The van der Waals surface area contributed by atoms with Gasteiger partial charge in [-0.25, -0.2) is 0 Å². The predicted octanol–water partition coefficient (Wildman–Crippen LogP) is -3.64. The van der Waals surface area contributed by atoms with Crippen molar-refractivity contribution in [2.75, 3.05) is 6.61 Å². The van der Waals surface area contributed by atoms with Gasteiger partial charge in [0.2, 0.25) is 6.29 Å². The lowest BCUT2D eigenvalue weighted by atomic mass is 9.86. The van der Waals surface area contributed by atoms with Gasteiger partial charge in [-0.05, 0) is 6.08 Å². The van der Waals surface area contributed by atoms with Crippen molar-refractivity contribution < 1.29 is 50.0 Å². The van der Waals surface area contributed by atoms with Crippen LogP contribution in [0, 0.1) is 5.92 Å². The minimum atomic E-state index is -1.93. The van der Waals surface area contributed by atoms with Crippen LogP contribution in [0.15, 0.2) is 12.3 Å². The van der Waals surface area contributed by atoms with Gasteiger partial charge in [0, 0.05) is 0 Å². The van der Waals surface area contributed by atoms with Crippen molar-refractivity contribution in [1.82, 2.24) is 0 Å². The Labute approximate surface area is 147 Å². The molecule has 0 aromatic rings. The van der Waals surface area contributed by atoms with Gasteiger partial charge in [0.15, 0.2) is 6.29 Å². The highest BCUT2D eigenvalue weighted by molar-refractivity contribution is 6.21. The van der Waals surface area contributed by atoms with Crippen molar-refractivity contribution in [2.45, 2.75) is 60.2 Å². The number of alkyl halides is 1. The van der Waals surface area contributed by atoms with E-state index in [9.17, 15) is 35.7 Å². The van der Waals surface area contributed by atoms with Crippen LogP contribution in [0.5, 0.6) is 0 Å². The van der Waals surface area contributed by atoms with Crippen LogP contribution in [-0.4, -0.2) is 103 Å². The van der Waals surface area contributed by atoms with Crippen LogP contribution in [0.3, 0.4) is 0 Å². The highest BCUT2D eigenvalue weighted by atomic mass is 35.5. The molecule has 10 nitrogen and oxygen atoms in total. The minimum Gasteiger partial charge on any atom is -0.472 e. The van der Waals surface area contributed by atoms with Crippen molar-refractivity contribution in [1.29, 1.82) is 0 Å². The van der Waals surface area contributed by atoms with Gasteiger partial charge in [-0.1, -0.05) is 0 Å². The van der Waals surface area contributed by atoms with E-state index in [1.807, 2.05) is 0 Å². The monoisotopic (exact) mass is 384 g/mol. The van der Waals surface area contributed by atoms with Crippen LogP contribution < -0.4 is 0 Å². The summed E-state index contributed by atoms with van der Waals surface area (Å²) in [6.45, 7) is -0.644. The molecule has 144 valence electrons. The quantitative estimate of drug-likeness (QED) is 0.241. The molecule has 2 fully saturated rings. The van der Waals surface area contributed by atoms with Gasteiger partial charge in [-0.15, -0.1) is 11.6 Å². The normalized spacial score (nSPS) is 55.7. The van der Waals surface area contributed by atoms with E-state index in [1.165, 1.54) is 0 Å². The van der Waals surface area contributed by atoms with Crippen LogP contribution in [0.4, 0.5) is 0 Å². The lowest BCUT2D eigenvalue weighted by Gasteiger charge is -2.43. The zero-order valence-electron chi connectivity index (χ0n) is 12.9. The van der Waals surface area contributed by atoms with E-state index >= 15 is 0 Å². The van der Waals surface area contributed by atoms with Gasteiger partial charge in [-0.3, -0.25) is 0 Å². The summed E-state index contributed by atoms with van der Waals surface area (Å²) in [4.78, 5) is 0. The van der Waals surface area contributed by atoms with E-state index in [2.05, 4.69) is 0 Å². The number of aliphatic hydroxyl groups is 7. The number of rotatable bonds is 3. The first kappa shape index (κ1) is 19.2. The number of ether oxygens (including phenoxy) is 3.